The van der Waals surface area contributed by atoms with Gasteiger partial charge < -0.3 is 61.2 Å². The number of hydrogen-bond donors (Lipinski definition) is 9. The third-order valence-corrected chi connectivity index (χ3v) is 7.99. The van der Waals surface area contributed by atoms with Crippen molar-refractivity contribution in [3.8, 4) is 5.75 Å². The van der Waals surface area contributed by atoms with Crippen LogP contribution >= 0.6 is 0 Å². The van der Waals surface area contributed by atoms with Crippen molar-refractivity contribution in [1.82, 2.24) is 0 Å². The molecule has 0 aromatic heterocycles. The second-order valence-electron chi connectivity index (χ2n) is 11.0. The van der Waals surface area contributed by atoms with E-state index in [0.717, 1.165) is 18.8 Å². The third kappa shape index (κ3) is 7.33. The molecule has 3 aromatic carbocycles. The molecule has 6 unspecified atom stereocenters. The second-order valence-corrected chi connectivity index (χ2v) is 11.0. The number of ether oxygens (including phenoxy) is 3. The Morgan fingerprint density at radius 1 is 1.02 bits per heavy atom. The molecule has 10 N–H and O–H groups in total. The number of hydrogen-bond acceptors (Lipinski definition) is 12. The van der Waals surface area contributed by atoms with E-state index in [4.69, 9.17) is 25.4 Å². The number of aliphatic hydroxyl groups excluding tert-OH is 4. The molecule has 0 radical (unpaired) electrons. The van der Waals surface area contributed by atoms with E-state index in [1.54, 1.807) is 49.5 Å². The highest BCUT2D eigenvalue weighted by atomic mass is 16.7. The normalized spacial score (nSPS) is 23.7. The number of carbonyl (C=O) groups is 1. The highest BCUT2D eigenvalue weighted by Gasteiger charge is 2.45. The average Bonchev–Trinajstić information content (AvgIpc) is 3.08. The van der Waals surface area contributed by atoms with Gasteiger partial charge in [-0.1, -0.05) is 18.2 Å². The number of nitrogens with two attached hydrogens (primary N) is 1. The van der Waals surface area contributed by atoms with Gasteiger partial charge in [0, 0.05) is 42.6 Å². The number of benzene rings is 3. The molecule has 0 bridgehead atoms. The van der Waals surface area contributed by atoms with Gasteiger partial charge in [0.15, 0.2) is 0 Å². The van der Waals surface area contributed by atoms with Crippen LogP contribution in [0.5, 0.6) is 5.75 Å². The Kier molecular flexibility index (Phi) is 10.6. The van der Waals surface area contributed by atoms with E-state index in [1.807, 2.05) is 24.3 Å². The fourth-order valence-corrected chi connectivity index (χ4v) is 5.40. The van der Waals surface area contributed by atoms with Gasteiger partial charge in [0.1, 0.15) is 42.0 Å². The van der Waals surface area contributed by atoms with Crippen molar-refractivity contribution in [3.05, 3.63) is 77.9 Å². The van der Waals surface area contributed by atoms with E-state index >= 15 is 0 Å². The SMILES string of the molecule is CNc1ccc(C(=N)N)cc1NC(C(=O)Nc1ccc(N2CCOCC2)cc1)c1ccccc1OC1OC(CO)C(O)C(O)C1O. The Hall–Kier alpha value is -4.44. The lowest BCUT2D eigenvalue weighted by molar-refractivity contribution is -0.277. The van der Waals surface area contributed by atoms with E-state index in [0.29, 0.717) is 41.4 Å². The molecule has 5 rings (SSSR count). The fraction of sp³-hybridized carbons (Fsp3) is 0.375. The molecule has 46 heavy (non-hydrogen) atoms. The number of anilines is 4. The second kappa shape index (κ2) is 14.8. The zero-order chi connectivity index (χ0) is 32.8. The van der Waals surface area contributed by atoms with Gasteiger partial charge in [0.05, 0.1) is 31.2 Å². The summed E-state index contributed by atoms with van der Waals surface area (Å²) in [6.45, 7) is 2.22. The summed E-state index contributed by atoms with van der Waals surface area (Å²) in [5.74, 6) is -0.478. The first-order chi connectivity index (χ1) is 22.2. The molecule has 6 atom stereocenters. The topological polar surface area (TPSA) is 215 Å². The van der Waals surface area contributed by atoms with Gasteiger partial charge in [0.25, 0.3) is 5.91 Å². The number of rotatable bonds is 11. The molecule has 2 heterocycles. The highest BCUT2D eigenvalue weighted by Crippen LogP contribution is 2.35. The van der Waals surface area contributed by atoms with Gasteiger partial charge >= 0.3 is 0 Å². The van der Waals surface area contributed by atoms with Gasteiger partial charge in [-0.05, 0) is 48.5 Å². The highest BCUT2D eigenvalue weighted by molar-refractivity contribution is 6.00. The van der Waals surface area contributed by atoms with Crippen LogP contribution in [0, 0.1) is 5.41 Å². The number of carbonyl (C=O) groups excluding carboxylic acids is 1. The molecule has 0 spiro atoms. The summed E-state index contributed by atoms with van der Waals surface area (Å²) in [7, 11) is 1.72. The molecular formula is C32H40N6O8. The zero-order valence-electron chi connectivity index (χ0n) is 25.3. The van der Waals surface area contributed by atoms with E-state index in [2.05, 4.69) is 20.9 Å². The van der Waals surface area contributed by atoms with Crippen LogP contribution in [0.15, 0.2) is 66.7 Å². The number of morpholine rings is 1. The van der Waals surface area contributed by atoms with Crippen LogP contribution in [0.2, 0.25) is 0 Å². The molecule has 14 heteroatoms. The summed E-state index contributed by atoms with van der Waals surface area (Å²) in [5, 5.41) is 58.0. The number of amidine groups is 1. The number of amides is 1. The number of aliphatic hydroxyl groups is 4. The maximum absolute atomic E-state index is 14.1. The summed E-state index contributed by atoms with van der Waals surface area (Å²) in [6.07, 6.45) is -7.51. The smallest absolute Gasteiger partial charge is 0.251 e. The molecule has 246 valence electrons. The molecular weight excluding hydrogens is 596 g/mol. The maximum Gasteiger partial charge on any atom is 0.251 e. The molecule has 14 nitrogen and oxygen atoms in total. The molecule has 2 aliphatic heterocycles. The summed E-state index contributed by atoms with van der Waals surface area (Å²) in [4.78, 5) is 16.3. The van der Waals surface area contributed by atoms with Crippen molar-refractivity contribution in [2.45, 2.75) is 36.7 Å². The predicted octanol–water partition coefficient (Wildman–Crippen LogP) is 0.820. The Morgan fingerprint density at radius 2 is 1.74 bits per heavy atom. The Balaban J connectivity index is 1.47. The van der Waals surface area contributed by atoms with Crippen molar-refractivity contribution in [2.24, 2.45) is 5.73 Å². The van der Waals surface area contributed by atoms with Crippen molar-refractivity contribution in [1.29, 1.82) is 5.41 Å². The van der Waals surface area contributed by atoms with Crippen LogP contribution in [0.3, 0.4) is 0 Å². The lowest BCUT2D eigenvalue weighted by Crippen LogP contribution is -2.60. The fourth-order valence-electron chi connectivity index (χ4n) is 5.40. The molecule has 2 aliphatic rings. The molecule has 2 fully saturated rings. The van der Waals surface area contributed by atoms with Crippen LogP contribution in [-0.2, 0) is 14.3 Å². The van der Waals surface area contributed by atoms with E-state index in [-0.39, 0.29) is 11.6 Å². The lowest BCUT2D eigenvalue weighted by Gasteiger charge is -2.40. The van der Waals surface area contributed by atoms with Crippen LogP contribution in [0.4, 0.5) is 22.7 Å². The van der Waals surface area contributed by atoms with Crippen molar-refractivity contribution >= 4 is 34.5 Å². The first kappa shape index (κ1) is 32.9. The number of para-hydroxylation sites is 1. The van der Waals surface area contributed by atoms with E-state index < -0.39 is 49.3 Å². The Morgan fingerprint density at radius 3 is 2.41 bits per heavy atom. The third-order valence-electron chi connectivity index (χ3n) is 7.99. The van der Waals surface area contributed by atoms with Crippen LogP contribution in [0.25, 0.3) is 0 Å². The maximum atomic E-state index is 14.1. The summed E-state index contributed by atoms with van der Waals surface area (Å²) in [5.41, 5.74) is 9.20. The van der Waals surface area contributed by atoms with Crippen LogP contribution < -0.4 is 31.3 Å². The van der Waals surface area contributed by atoms with Crippen molar-refractivity contribution in [3.63, 3.8) is 0 Å². The van der Waals surface area contributed by atoms with Crippen LogP contribution in [-0.4, -0.2) is 103 Å². The zero-order valence-corrected chi connectivity index (χ0v) is 25.3. The minimum absolute atomic E-state index is 0.135. The largest absolute Gasteiger partial charge is 0.462 e. The number of nitrogens with zero attached hydrogens (tertiary/aromatic N) is 1. The van der Waals surface area contributed by atoms with E-state index in [1.165, 1.54) is 0 Å². The van der Waals surface area contributed by atoms with Crippen molar-refractivity contribution < 1.29 is 39.4 Å². The first-order valence-electron chi connectivity index (χ1n) is 14.9. The monoisotopic (exact) mass is 636 g/mol. The molecule has 2 saturated heterocycles. The van der Waals surface area contributed by atoms with Gasteiger partial charge in [-0.25, -0.2) is 0 Å². The van der Waals surface area contributed by atoms with Gasteiger partial charge in [-0.3, -0.25) is 10.2 Å². The van der Waals surface area contributed by atoms with Crippen molar-refractivity contribution in [2.75, 3.05) is 60.8 Å². The minimum atomic E-state index is -1.65. The van der Waals surface area contributed by atoms with E-state index in [9.17, 15) is 25.2 Å². The minimum Gasteiger partial charge on any atom is -0.462 e. The lowest BCUT2D eigenvalue weighted by atomic mass is 9.99. The average molecular weight is 637 g/mol. The summed E-state index contributed by atoms with van der Waals surface area (Å²) < 4.78 is 17.0. The first-order valence-corrected chi connectivity index (χ1v) is 14.9. The quantitative estimate of drug-likeness (QED) is 0.106. The summed E-state index contributed by atoms with van der Waals surface area (Å²) >= 11 is 0. The number of nitrogen functional groups attached to an aromatic ring is 1. The number of nitrogens with one attached hydrogen (secondary N) is 4. The van der Waals surface area contributed by atoms with Gasteiger partial charge in [0.2, 0.25) is 6.29 Å². The molecule has 0 aliphatic carbocycles. The van der Waals surface area contributed by atoms with Gasteiger partial charge in [-0.15, -0.1) is 0 Å². The standard InChI is InChI=1S/C32H40N6O8/c1-35-22-11-6-18(30(33)34)16-23(22)37-26(31(43)36-19-7-9-20(10-8-19)38-12-14-44-15-13-38)21-4-2-3-5-24(21)45-32-29(42)28(41)27(40)25(17-39)46-32/h2-11,16,25-29,32,35,37,39-42H,12-15,17H2,1H3,(H3,33,34)(H,36,43). The Bertz CT molecular complexity index is 1500. The molecule has 3 aromatic rings. The molecule has 0 saturated carbocycles. The van der Waals surface area contributed by atoms with Crippen LogP contribution in [0.1, 0.15) is 17.2 Å². The van der Waals surface area contributed by atoms with Gasteiger partial charge in [-0.2, -0.15) is 0 Å². The predicted molar refractivity (Wildman–Crippen MR) is 172 cm³/mol. The molecule has 1 amide bonds. The summed E-state index contributed by atoms with van der Waals surface area (Å²) in [6, 6.07) is 18.0. The Labute approximate surface area is 266 Å².